The van der Waals surface area contributed by atoms with Crippen molar-refractivity contribution < 1.29 is 0 Å². The number of aromatic nitrogens is 2. The summed E-state index contributed by atoms with van der Waals surface area (Å²) in [5.41, 5.74) is 0.632. The fourth-order valence-electron chi connectivity index (χ4n) is 2.11. The lowest BCUT2D eigenvalue weighted by Crippen LogP contribution is -2.25. The highest BCUT2D eigenvalue weighted by atomic mass is 79.9. The molecule has 0 saturated heterocycles. The largest absolute Gasteiger partial charge is 0.375 e. The zero-order chi connectivity index (χ0) is 15.0. The van der Waals surface area contributed by atoms with Crippen LogP contribution in [0.3, 0.4) is 0 Å². The zero-order valence-electron chi connectivity index (χ0n) is 11.5. The second kappa shape index (κ2) is 6.10. The van der Waals surface area contributed by atoms with Crippen molar-refractivity contribution in [3.05, 3.63) is 42.4 Å². The van der Waals surface area contributed by atoms with E-state index < -0.39 is 0 Å². The lowest BCUT2D eigenvalue weighted by molar-refractivity contribution is 0.531. The summed E-state index contributed by atoms with van der Waals surface area (Å²) in [6.45, 7) is 2.75. The molecule has 0 aliphatic heterocycles. The van der Waals surface area contributed by atoms with Crippen LogP contribution in [-0.2, 0) is 6.54 Å². The fourth-order valence-corrected chi connectivity index (χ4v) is 3.59. The first kappa shape index (κ1) is 15.1. The Balaban J connectivity index is 1.79. The highest BCUT2D eigenvalue weighted by molar-refractivity contribution is 9.10. The number of nitrogens with one attached hydrogen (secondary N) is 1. The Bertz CT molecular complexity index is 710. The van der Waals surface area contributed by atoms with Crippen molar-refractivity contribution in [1.29, 1.82) is 0 Å². The molecule has 1 aliphatic rings. The van der Waals surface area contributed by atoms with E-state index in [-0.39, 0.29) is 11.6 Å². The van der Waals surface area contributed by atoms with Gasteiger partial charge in [0.25, 0.3) is 5.56 Å². The number of hydrogen-bond donors (Lipinski definition) is 1. The molecule has 0 spiro atoms. The van der Waals surface area contributed by atoms with Crippen molar-refractivity contribution in [2.45, 2.75) is 32.4 Å². The molecule has 2 aromatic heterocycles. The normalized spacial score (nSPS) is 16.0. The zero-order valence-corrected chi connectivity index (χ0v) is 14.6. The summed E-state index contributed by atoms with van der Waals surface area (Å²) >= 11 is 10.9. The second-order valence-electron chi connectivity index (χ2n) is 5.31. The van der Waals surface area contributed by atoms with E-state index in [1.807, 2.05) is 19.1 Å². The number of rotatable bonds is 5. The van der Waals surface area contributed by atoms with Crippen molar-refractivity contribution in [3.8, 4) is 0 Å². The van der Waals surface area contributed by atoms with E-state index in [0.29, 0.717) is 22.6 Å². The maximum absolute atomic E-state index is 12.3. The minimum atomic E-state index is -0.0803. The van der Waals surface area contributed by atoms with Crippen LogP contribution in [0.1, 0.15) is 30.7 Å². The molecule has 0 amide bonds. The molecule has 1 aliphatic carbocycles. The molecule has 0 aromatic carbocycles. The predicted octanol–water partition coefficient (Wildman–Crippen LogP) is 4.30. The average molecular weight is 389 g/mol. The van der Waals surface area contributed by atoms with Gasteiger partial charge in [0.2, 0.25) is 0 Å². The molecular formula is C14H15BrClN3OS. The molecule has 7 heteroatoms. The van der Waals surface area contributed by atoms with Gasteiger partial charge in [0.1, 0.15) is 4.47 Å². The monoisotopic (exact) mass is 387 g/mol. The van der Waals surface area contributed by atoms with Gasteiger partial charge in [-0.25, -0.2) is 4.68 Å². The smallest absolute Gasteiger partial charge is 0.283 e. The highest BCUT2D eigenvalue weighted by Gasteiger charge is 2.23. The Morgan fingerprint density at radius 2 is 2.33 bits per heavy atom. The molecule has 21 heavy (non-hydrogen) atoms. The standard InChI is InChI=1S/C14H15BrClN3OS/c1-8(11-4-5-12(16)21-11)18-10-6-17-19(7-9-2-3-9)14(20)13(10)15/h4-6,8-9,18H,2-3,7H2,1H3. The van der Waals surface area contributed by atoms with Gasteiger partial charge >= 0.3 is 0 Å². The molecule has 2 heterocycles. The summed E-state index contributed by atoms with van der Waals surface area (Å²) in [4.78, 5) is 13.4. The number of hydrogen-bond acceptors (Lipinski definition) is 4. The van der Waals surface area contributed by atoms with Crippen molar-refractivity contribution in [2.75, 3.05) is 5.32 Å². The van der Waals surface area contributed by atoms with E-state index in [9.17, 15) is 4.79 Å². The Hall–Kier alpha value is -0.850. The fraction of sp³-hybridized carbons (Fsp3) is 0.429. The summed E-state index contributed by atoms with van der Waals surface area (Å²) in [6.07, 6.45) is 4.10. The maximum atomic E-state index is 12.3. The lowest BCUT2D eigenvalue weighted by Gasteiger charge is -2.15. The number of halogens is 2. The van der Waals surface area contributed by atoms with Crippen LogP contribution in [0.4, 0.5) is 5.69 Å². The molecular weight excluding hydrogens is 374 g/mol. The first-order chi connectivity index (χ1) is 10.0. The molecule has 1 fully saturated rings. The Morgan fingerprint density at radius 3 is 2.95 bits per heavy atom. The molecule has 2 aromatic rings. The van der Waals surface area contributed by atoms with E-state index in [4.69, 9.17) is 11.6 Å². The van der Waals surface area contributed by atoms with Crippen molar-refractivity contribution in [1.82, 2.24) is 9.78 Å². The van der Waals surface area contributed by atoms with Crippen LogP contribution in [0.25, 0.3) is 0 Å². The van der Waals surface area contributed by atoms with Crippen molar-refractivity contribution in [3.63, 3.8) is 0 Å². The van der Waals surface area contributed by atoms with Crippen LogP contribution in [0.2, 0.25) is 4.34 Å². The van der Waals surface area contributed by atoms with Gasteiger partial charge in [-0.15, -0.1) is 11.3 Å². The summed E-state index contributed by atoms with van der Waals surface area (Å²) < 4.78 is 2.84. The third-order valence-electron chi connectivity index (χ3n) is 3.51. The van der Waals surface area contributed by atoms with Crippen LogP contribution in [-0.4, -0.2) is 9.78 Å². The summed E-state index contributed by atoms with van der Waals surface area (Å²) in [7, 11) is 0. The topological polar surface area (TPSA) is 46.9 Å². The van der Waals surface area contributed by atoms with Gasteiger partial charge in [0.05, 0.1) is 22.3 Å². The summed E-state index contributed by atoms with van der Waals surface area (Å²) in [5, 5.41) is 7.57. The first-order valence-electron chi connectivity index (χ1n) is 6.82. The molecule has 0 radical (unpaired) electrons. The van der Waals surface area contributed by atoms with Gasteiger partial charge < -0.3 is 5.32 Å². The van der Waals surface area contributed by atoms with Gasteiger partial charge in [-0.05, 0) is 53.7 Å². The van der Waals surface area contributed by atoms with Crippen LogP contribution in [0.5, 0.6) is 0 Å². The number of nitrogens with zero attached hydrogens (tertiary/aromatic N) is 2. The van der Waals surface area contributed by atoms with Gasteiger partial charge in [-0.1, -0.05) is 11.6 Å². The molecule has 1 saturated carbocycles. The Labute approximate surface area is 140 Å². The highest BCUT2D eigenvalue weighted by Crippen LogP contribution is 2.31. The van der Waals surface area contributed by atoms with Crippen LogP contribution >= 0.6 is 38.9 Å². The van der Waals surface area contributed by atoms with Gasteiger partial charge in [0, 0.05) is 11.4 Å². The van der Waals surface area contributed by atoms with E-state index >= 15 is 0 Å². The van der Waals surface area contributed by atoms with Crippen LogP contribution in [0, 0.1) is 5.92 Å². The molecule has 1 atom stereocenters. The summed E-state index contributed by atoms with van der Waals surface area (Å²) in [5.74, 6) is 0.619. The second-order valence-corrected chi connectivity index (χ2v) is 7.85. The predicted molar refractivity (Wildman–Crippen MR) is 90.3 cm³/mol. The van der Waals surface area contributed by atoms with E-state index in [0.717, 1.165) is 9.21 Å². The molecule has 1 N–H and O–H groups in total. The average Bonchev–Trinajstić information content (AvgIpc) is 3.17. The molecule has 3 rings (SSSR count). The molecule has 0 bridgehead atoms. The van der Waals surface area contributed by atoms with Crippen molar-refractivity contribution in [2.24, 2.45) is 5.92 Å². The van der Waals surface area contributed by atoms with Crippen molar-refractivity contribution >= 4 is 44.6 Å². The SMILES string of the molecule is CC(Nc1cnn(CC2CC2)c(=O)c1Br)c1ccc(Cl)s1. The van der Waals surface area contributed by atoms with Crippen LogP contribution in [0.15, 0.2) is 27.6 Å². The quantitative estimate of drug-likeness (QED) is 0.830. The molecule has 112 valence electrons. The third-order valence-corrected chi connectivity index (χ3v) is 5.69. The minimum absolute atomic E-state index is 0.0688. The van der Waals surface area contributed by atoms with Gasteiger partial charge in [-0.3, -0.25) is 4.79 Å². The Kier molecular flexibility index (Phi) is 4.38. The van der Waals surface area contributed by atoms with E-state index in [2.05, 4.69) is 26.3 Å². The molecule has 1 unspecified atom stereocenters. The molecule has 4 nitrogen and oxygen atoms in total. The van der Waals surface area contributed by atoms with Crippen LogP contribution < -0.4 is 10.9 Å². The van der Waals surface area contributed by atoms with E-state index in [1.165, 1.54) is 24.2 Å². The first-order valence-corrected chi connectivity index (χ1v) is 8.80. The van der Waals surface area contributed by atoms with Gasteiger partial charge in [-0.2, -0.15) is 5.10 Å². The van der Waals surface area contributed by atoms with Gasteiger partial charge in [0.15, 0.2) is 0 Å². The summed E-state index contributed by atoms with van der Waals surface area (Å²) in [6, 6.07) is 3.93. The minimum Gasteiger partial charge on any atom is -0.375 e. The number of anilines is 1. The lowest BCUT2D eigenvalue weighted by atomic mass is 10.2. The third kappa shape index (κ3) is 3.49. The maximum Gasteiger partial charge on any atom is 0.283 e. The number of thiophene rings is 1. The Morgan fingerprint density at radius 1 is 1.57 bits per heavy atom. The van der Waals surface area contributed by atoms with E-state index in [1.54, 1.807) is 10.9 Å².